The Hall–Kier alpha value is -4.10. The number of halogens is 1. The Morgan fingerprint density at radius 1 is 0.914 bits per heavy atom. The molecular weight excluding hydrogens is 433 g/mol. The molecule has 0 bridgehead atoms. The van der Waals surface area contributed by atoms with E-state index in [4.69, 9.17) is 0 Å². The fourth-order valence-electron chi connectivity index (χ4n) is 6.57. The average Bonchev–Trinajstić information content (AvgIpc) is 3.41. The third kappa shape index (κ3) is 2.88. The number of benzene rings is 3. The zero-order valence-electron chi connectivity index (χ0n) is 19.2. The smallest absolute Gasteiger partial charge is 0.121 e. The van der Waals surface area contributed by atoms with Gasteiger partial charge in [-0.15, -0.1) is 0 Å². The van der Waals surface area contributed by atoms with Gasteiger partial charge in [0.1, 0.15) is 11.9 Å². The summed E-state index contributed by atoms with van der Waals surface area (Å²) in [6.45, 7) is 0. The van der Waals surface area contributed by atoms with Gasteiger partial charge in [0, 0.05) is 28.2 Å². The highest BCUT2D eigenvalue weighted by Gasteiger charge is 2.43. The molecule has 1 aliphatic heterocycles. The van der Waals surface area contributed by atoms with Crippen molar-refractivity contribution in [2.24, 2.45) is 0 Å². The minimum Gasteiger partial charge on any atom is -0.357 e. The molecule has 0 amide bonds. The maximum absolute atomic E-state index is 14.6. The van der Waals surface area contributed by atoms with Crippen LogP contribution in [-0.4, -0.2) is 10.6 Å². The molecule has 4 heteroatoms. The minimum absolute atomic E-state index is 0.0399. The molecule has 3 aromatic carbocycles. The molecule has 1 aromatic heterocycles. The Kier molecular flexibility index (Phi) is 4.47. The van der Waals surface area contributed by atoms with E-state index in [2.05, 4.69) is 64.1 Å². The molecule has 0 N–H and O–H groups in total. The lowest BCUT2D eigenvalue weighted by Crippen LogP contribution is -2.38. The number of allylic oxidation sites excluding steroid dienone is 2. The van der Waals surface area contributed by atoms with Crippen molar-refractivity contribution in [2.45, 2.75) is 37.3 Å². The highest BCUT2D eigenvalue weighted by Crippen LogP contribution is 2.52. The first-order valence-electron chi connectivity index (χ1n) is 12.3. The molecule has 170 valence electrons. The minimum atomic E-state index is -0.162. The van der Waals surface area contributed by atoms with E-state index >= 15 is 0 Å². The molecule has 4 aromatic rings. The van der Waals surface area contributed by atoms with Crippen molar-refractivity contribution >= 4 is 16.6 Å². The first-order chi connectivity index (χ1) is 17.3. The Morgan fingerprint density at radius 2 is 1.69 bits per heavy atom. The summed E-state index contributed by atoms with van der Waals surface area (Å²) in [7, 11) is 0. The topological polar surface area (TPSA) is 32.0 Å². The van der Waals surface area contributed by atoms with Crippen molar-refractivity contribution in [1.82, 2.24) is 4.57 Å². The van der Waals surface area contributed by atoms with Crippen molar-refractivity contribution in [3.05, 3.63) is 119 Å². The summed E-state index contributed by atoms with van der Waals surface area (Å²) in [5.74, 6) is -0.00536. The quantitative estimate of drug-likeness (QED) is 0.317. The van der Waals surface area contributed by atoms with Gasteiger partial charge in [-0.2, -0.15) is 5.26 Å². The molecule has 2 aliphatic carbocycles. The number of hydrogen-bond acceptors (Lipinski definition) is 2. The lowest BCUT2D eigenvalue weighted by atomic mass is 9.87. The molecule has 0 fully saturated rings. The van der Waals surface area contributed by atoms with Crippen LogP contribution >= 0.6 is 0 Å². The molecule has 3 aliphatic rings. The first-order valence-corrected chi connectivity index (χ1v) is 12.3. The second kappa shape index (κ2) is 7.71. The zero-order valence-corrected chi connectivity index (χ0v) is 19.2. The summed E-state index contributed by atoms with van der Waals surface area (Å²) >= 11 is 0. The number of rotatable bonds is 2. The van der Waals surface area contributed by atoms with E-state index in [1.54, 1.807) is 12.2 Å². The van der Waals surface area contributed by atoms with Gasteiger partial charge in [0.25, 0.3) is 0 Å². The number of nitriles is 1. The van der Waals surface area contributed by atoms with Gasteiger partial charge < -0.3 is 9.47 Å². The number of para-hydroxylation sites is 3. The van der Waals surface area contributed by atoms with Gasteiger partial charge in [-0.1, -0.05) is 54.6 Å². The van der Waals surface area contributed by atoms with Crippen molar-refractivity contribution in [3.8, 4) is 11.8 Å². The molecule has 2 heterocycles. The first kappa shape index (κ1) is 20.3. The number of aromatic nitrogens is 1. The molecular formula is C31H24FN3. The predicted molar refractivity (Wildman–Crippen MR) is 137 cm³/mol. The van der Waals surface area contributed by atoms with E-state index in [-0.39, 0.29) is 23.8 Å². The van der Waals surface area contributed by atoms with E-state index in [0.29, 0.717) is 5.56 Å². The normalized spacial score (nSPS) is 22.3. The lowest BCUT2D eigenvalue weighted by molar-refractivity contribution is 0.486. The van der Waals surface area contributed by atoms with Crippen LogP contribution in [0.1, 0.15) is 47.2 Å². The van der Waals surface area contributed by atoms with Crippen LogP contribution in [0.25, 0.3) is 16.6 Å². The van der Waals surface area contributed by atoms with E-state index in [1.807, 2.05) is 30.3 Å². The van der Waals surface area contributed by atoms with Gasteiger partial charge in [-0.25, -0.2) is 4.39 Å². The molecule has 0 saturated heterocycles. The SMILES string of the molecule is N#Cc1ccccc1-n1c2c(c3ccccc31)C(N1c3ccccc3C3C=CC(F)=CC31)CCC2. The van der Waals surface area contributed by atoms with Crippen molar-refractivity contribution < 1.29 is 4.39 Å². The Bertz CT molecular complexity index is 1580. The van der Waals surface area contributed by atoms with Crippen LogP contribution in [0.5, 0.6) is 0 Å². The molecule has 7 rings (SSSR count). The third-order valence-corrected chi connectivity index (χ3v) is 7.90. The van der Waals surface area contributed by atoms with E-state index < -0.39 is 0 Å². The molecule has 3 nitrogen and oxygen atoms in total. The van der Waals surface area contributed by atoms with Crippen LogP contribution in [0.15, 0.2) is 96.9 Å². The van der Waals surface area contributed by atoms with Gasteiger partial charge in [0.05, 0.1) is 28.9 Å². The van der Waals surface area contributed by atoms with Crippen LogP contribution < -0.4 is 4.90 Å². The number of nitrogens with zero attached hydrogens (tertiary/aromatic N) is 3. The molecule has 0 spiro atoms. The fraction of sp³-hybridized carbons (Fsp3) is 0.194. The molecule has 3 unspecified atom stereocenters. The summed E-state index contributed by atoms with van der Waals surface area (Å²) < 4.78 is 16.9. The maximum atomic E-state index is 14.6. The van der Waals surface area contributed by atoms with Gasteiger partial charge in [-0.3, -0.25) is 0 Å². The highest BCUT2D eigenvalue weighted by molar-refractivity contribution is 5.89. The van der Waals surface area contributed by atoms with Crippen LogP contribution in [0.3, 0.4) is 0 Å². The number of fused-ring (bicyclic) bond motifs is 6. The number of anilines is 1. The van der Waals surface area contributed by atoms with E-state index in [1.165, 1.54) is 27.9 Å². The molecule has 3 atom stereocenters. The van der Waals surface area contributed by atoms with Crippen LogP contribution in [0.2, 0.25) is 0 Å². The monoisotopic (exact) mass is 457 g/mol. The zero-order chi connectivity index (χ0) is 23.5. The summed E-state index contributed by atoms with van der Waals surface area (Å²) in [4.78, 5) is 2.47. The molecule has 35 heavy (non-hydrogen) atoms. The predicted octanol–water partition coefficient (Wildman–Crippen LogP) is 7.28. The molecule has 0 saturated carbocycles. The van der Waals surface area contributed by atoms with Crippen LogP contribution in [-0.2, 0) is 6.42 Å². The fourth-order valence-corrected chi connectivity index (χ4v) is 6.57. The van der Waals surface area contributed by atoms with Gasteiger partial charge in [0.2, 0.25) is 0 Å². The largest absolute Gasteiger partial charge is 0.357 e. The van der Waals surface area contributed by atoms with Crippen molar-refractivity contribution in [3.63, 3.8) is 0 Å². The van der Waals surface area contributed by atoms with Crippen LogP contribution in [0.4, 0.5) is 10.1 Å². The second-order valence-corrected chi connectivity index (χ2v) is 9.64. The van der Waals surface area contributed by atoms with Gasteiger partial charge >= 0.3 is 0 Å². The summed E-state index contributed by atoms with van der Waals surface area (Å²) in [6.07, 6.45) is 8.43. The number of hydrogen-bond donors (Lipinski definition) is 0. The van der Waals surface area contributed by atoms with Crippen molar-refractivity contribution in [1.29, 1.82) is 5.26 Å². The van der Waals surface area contributed by atoms with Crippen molar-refractivity contribution in [2.75, 3.05) is 4.90 Å². The summed E-state index contributed by atoms with van der Waals surface area (Å²) in [6, 6.07) is 27.4. The second-order valence-electron chi connectivity index (χ2n) is 9.64. The summed E-state index contributed by atoms with van der Waals surface area (Å²) in [5.41, 5.74) is 7.78. The highest BCUT2D eigenvalue weighted by atomic mass is 19.1. The van der Waals surface area contributed by atoms with Gasteiger partial charge in [-0.05, 0) is 61.2 Å². The lowest BCUT2D eigenvalue weighted by Gasteiger charge is -2.39. The van der Waals surface area contributed by atoms with E-state index in [9.17, 15) is 9.65 Å². The van der Waals surface area contributed by atoms with Gasteiger partial charge in [0.15, 0.2) is 0 Å². The maximum Gasteiger partial charge on any atom is 0.121 e. The Morgan fingerprint density at radius 3 is 2.57 bits per heavy atom. The standard InChI is InChI=1S/C31H24FN3/c32-21-16-17-23-22-9-2-5-12-26(22)35(30(23)18-21)29-15-7-14-28-31(29)24-10-3-6-13-27(24)34(28)25-11-4-1-8-20(25)19-33/h1-6,8-13,16-18,23,29-30H,7,14-15H2. The molecule has 0 radical (unpaired) electrons. The average molecular weight is 458 g/mol. The Balaban J connectivity index is 1.48. The Labute approximate surface area is 204 Å². The van der Waals surface area contributed by atoms with Crippen LogP contribution in [0, 0.1) is 11.3 Å². The van der Waals surface area contributed by atoms with E-state index in [0.717, 1.165) is 30.5 Å². The third-order valence-electron chi connectivity index (χ3n) is 7.90. The summed E-state index contributed by atoms with van der Waals surface area (Å²) in [5, 5.41) is 11.1.